The molecule has 0 aromatic heterocycles. The number of benzene rings is 2. The first-order chi connectivity index (χ1) is 11.6. The molecule has 2 aromatic rings. The molecular weight excluding hydrogens is 365 g/mol. The van der Waals surface area contributed by atoms with Crippen molar-refractivity contribution in [2.75, 3.05) is 5.32 Å². The van der Waals surface area contributed by atoms with Crippen molar-refractivity contribution >= 4 is 27.1 Å². The lowest BCUT2D eigenvalue weighted by Gasteiger charge is -2.07. The summed E-state index contributed by atoms with van der Waals surface area (Å²) >= 11 is 0. The molecule has 1 N–H and O–H groups in total. The number of nitrogens with zero attached hydrogens (tertiary/aromatic N) is 1. The molecule has 0 aliphatic rings. The zero-order valence-corrected chi connectivity index (χ0v) is 13.0. The number of halogens is 3. The number of hydrogen-bond acceptors (Lipinski definition) is 5. The molecule has 0 atom stereocenters. The summed E-state index contributed by atoms with van der Waals surface area (Å²) in [5.41, 5.74) is -1.06. The molecular formula is C14H9F3N2O5S. The van der Waals surface area contributed by atoms with Crippen LogP contribution in [0.15, 0.2) is 47.4 Å². The fourth-order valence-corrected chi connectivity index (χ4v) is 2.54. The van der Waals surface area contributed by atoms with Crippen LogP contribution in [0.25, 0.3) is 0 Å². The average Bonchev–Trinajstić information content (AvgIpc) is 2.56. The number of carbonyl (C=O) groups excluding carboxylic acids is 1. The molecule has 11 heteroatoms. The van der Waals surface area contributed by atoms with Crippen molar-refractivity contribution in [1.82, 2.24) is 0 Å². The van der Waals surface area contributed by atoms with Gasteiger partial charge in [0.2, 0.25) is 9.84 Å². The first-order valence-corrected chi connectivity index (χ1v) is 8.05. The molecule has 2 rings (SSSR count). The van der Waals surface area contributed by atoms with Gasteiger partial charge in [-0.25, -0.2) is 12.8 Å². The smallest absolute Gasteiger partial charge is 0.319 e. The number of hydrogen-bond donors (Lipinski definition) is 1. The number of anilines is 1. The normalized spacial score (nSPS) is 11.4. The Bertz CT molecular complexity index is 930. The quantitative estimate of drug-likeness (QED) is 0.640. The fraction of sp³-hybridized carbons (Fsp3) is 0.0714. The predicted molar refractivity (Wildman–Crippen MR) is 80.6 cm³/mol. The SMILES string of the molecule is O=C(Nc1cc([N+](=O)[O-])ccc1F)c1ccc(S(=O)(=O)C(F)F)cc1. The molecule has 7 nitrogen and oxygen atoms in total. The Balaban J connectivity index is 2.25. The summed E-state index contributed by atoms with van der Waals surface area (Å²) in [4.78, 5) is 21.2. The predicted octanol–water partition coefficient (Wildman–Crippen LogP) is 2.98. The first-order valence-electron chi connectivity index (χ1n) is 6.50. The minimum absolute atomic E-state index is 0.154. The lowest BCUT2D eigenvalue weighted by Crippen LogP contribution is -2.14. The summed E-state index contributed by atoms with van der Waals surface area (Å²) in [6, 6.07) is 6.05. The Morgan fingerprint density at radius 1 is 1.12 bits per heavy atom. The minimum Gasteiger partial charge on any atom is -0.319 e. The van der Waals surface area contributed by atoms with Crippen LogP contribution in [0.1, 0.15) is 10.4 Å². The third-order valence-electron chi connectivity index (χ3n) is 3.09. The fourth-order valence-electron chi connectivity index (χ4n) is 1.82. The van der Waals surface area contributed by atoms with Crippen LogP contribution in [0.4, 0.5) is 24.5 Å². The van der Waals surface area contributed by atoms with Gasteiger partial charge in [0, 0.05) is 17.7 Å². The Kier molecular flexibility index (Phi) is 5.07. The molecule has 0 radical (unpaired) electrons. The number of non-ortho nitro benzene ring substituents is 1. The summed E-state index contributed by atoms with van der Waals surface area (Å²) in [5.74, 6) is -5.43. The zero-order chi connectivity index (χ0) is 18.8. The molecule has 0 unspecified atom stereocenters. The zero-order valence-electron chi connectivity index (χ0n) is 12.1. The molecule has 0 spiro atoms. The average molecular weight is 374 g/mol. The summed E-state index contributed by atoms with van der Waals surface area (Å²) in [7, 11) is -4.80. The molecule has 1 amide bonds. The van der Waals surface area contributed by atoms with Crippen molar-refractivity contribution in [3.05, 3.63) is 64.0 Å². The Morgan fingerprint density at radius 2 is 1.72 bits per heavy atom. The number of nitro benzene ring substituents is 1. The highest BCUT2D eigenvalue weighted by molar-refractivity contribution is 7.91. The molecule has 0 saturated carbocycles. The van der Waals surface area contributed by atoms with E-state index in [1.54, 1.807) is 0 Å². The third-order valence-corrected chi connectivity index (χ3v) is 4.49. The van der Waals surface area contributed by atoms with Gasteiger partial charge < -0.3 is 5.32 Å². The van der Waals surface area contributed by atoms with E-state index < -0.39 is 48.5 Å². The van der Waals surface area contributed by atoms with Crippen molar-refractivity contribution in [3.8, 4) is 0 Å². The second kappa shape index (κ2) is 6.89. The van der Waals surface area contributed by atoms with E-state index in [0.717, 1.165) is 42.5 Å². The summed E-state index contributed by atoms with van der Waals surface area (Å²) < 4.78 is 61.0. The van der Waals surface area contributed by atoms with E-state index in [-0.39, 0.29) is 5.56 Å². The maximum atomic E-state index is 13.6. The molecule has 0 bridgehead atoms. The molecule has 132 valence electrons. The van der Waals surface area contributed by atoms with Crippen LogP contribution in [-0.2, 0) is 9.84 Å². The van der Waals surface area contributed by atoms with Crippen molar-refractivity contribution < 1.29 is 31.3 Å². The highest BCUT2D eigenvalue weighted by Crippen LogP contribution is 2.23. The molecule has 0 fully saturated rings. The number of rotatable bonds is 5. The maximum absolute atomic E-state index is 13.6. The van der Waals surface area contributed by atoms with Crippen LogP contribution in [0.2, 0.25) is 0 Å². The second-order valence-corrected chi connectivity index (χ2v) is 6.62. The number of nitro groups is 1. The van der Waals surface area contributed by atoms with Gasteiger partial charge in [-0.05, 0) is 30.3 Å². The number of carbonyl (C=O) groups is 1. The molecule has 25 heavy (non-hydrogen) atoms. The van der Waals surface area contributed by atoms with Gasteiger partial charge in [-0.1, -0.05) is 0 Å². The van der Waals surface area contributed by atoms with E-state index in [4.69, 9.17) is 0 Å². The van der Waals surface area contributed by atoms with Crippen LogP contribution >= 0.6 is 0 Å². The Morgan fingerprint density at radius 3 is 2.24 bits per heavy atom. The number of sulfone groups is 1. The summed E-state index contributed by atoms with van der Waals surface area (Å²) in [5, 5.41) is 12.7. The van der Waals surface area contributed by atoms with Gasteiger partial charge >= 0.3 is 5.76 Å². The van der Waals surface area contributed by atoms with Crippen LogP contribution in [0.5, 0.6) is 0 Å². The Hall–Kier alpha value is -2.95. The number of alkyl halides is 2. The largest absolute Gasteiger partial charge is 0.341 e. The van der Waals surface area contributed by atoms with E-state index in [0.29, 0.717) is 0 Å². The highest BCUT2D eigenvalue weighted by Gasteiger charge is 2.26. The molecule has 2 aromatic carbocycles. The van der Waals surface area contributed by atoms with Gasteiger partial charge in [0.15, 0.2) is 0 Å². The van der Waals surface area contributed by atoms with Gasteiger partial charge in [0.25, 0.3) is 11.6 Å². The molecule has 0 aliphatic carbocycles. The topological polar surface area (TPSA) is 106 Å². The summed E-state index contributed by atoms with van der Waals surface area (Å²) in [6.45, 7) is 0. The van der Waals surface area contributed by atoms with Crippen LogP contribution in [0, 0.1) is 15.9 Å². The first kappa shape index (κ1) is 18.4. The van der Waals surface area contributed by atoms with Gasteiger partial charge in [-0.15, -0.1) is 0 Å². The van der Waals surface area contributed by atoms with E-state index in [9.17, 15) is 36.5 Å². The standard InChI is InChI=1S/C14H9F3N2O5S/c15-11-6-3-9(19(21)22)7-12(11)18-13(20)8-1-4-10(5-2-8)25(23,24)14(16)17/h1-7,14H,(H,18,20). The second-order valence-electron chi connectivity index (χ2n) is 4.71. The number of nitrogens with one attached hydrogen (secondary N) is 1. The monoisotopic (exact) mass is 374 g/mol. The van der Waals surface area contributed by atoms with Crippen molar-refractivity contribution in [2.45, 2.75) is 10.7 Å². The van der Waals surface area contributed by atoms with Crippen LogP contribution in [-0.4, -0.2) is 25.0 Å². The van der Waals surface area contributed by atoms with Gasteiger partial charge in [0.05, 0.1) is 15.5 Å². The lowest BCUT2D eigenvalue weighted by atomic mass is 10.2. The highest BCUT2D eigenvalue weighted by atomic mass is 32.2. The summed E-state index contributed by atoms with van der Waals surface area (Å²) in [6.07, 6.45) is 0. The molecule has 0 saturated heterocycles. The van der Waals surface area contributed by atoms with Gasteiger partial charge in [-0.2, -0.15) is 8.78 Å². The van der Waals surface area contributed by atoms with Crippen molar-refractivity contribution in [1.29, 1.82) is 0 Å². The minimum atomic E-state index is -4.80. The van der Waals surface area contributed by atoms with Crippen molar-refractivity contribution in [3.63, 3.8) is 0 Å². The van der Waals surface area contributed by atoms with E-state index in [2.05, 4.69) is 5.32 Å². The van der Waals surface area contributed by atoms with Crippen molar-refractivity contribution in [2.24, 2.45) is 0 Å². The van der Waals surface area contributed by atoms with E-state index in [1.807, 2.05) is 0 Å². The lowest BCUT2D eigenvalue weighted by molar-refractivity contribution is -0.384. The van der Waals surface area contributed by atoms with Crippen LogP contribution < -0.4 is 5.32 Å². The Labute approximate surface area is 139 Å². The van der Waals surface area contributed by atoms with E-state index >= 15 is 0 Å². The van der Waals surface area contributed by atoms with Crippen LogP contribution in [0.3, 0.4) is 0 Å². The van der Waals surface area contributed by atoms with E-state index in [1.165, 1.54) is 0 Å². The maximum Gasteiger partial charge on any atom is 0.341 e. The van der Waals surface area contributed by atoms with Gasteiger partial charge in [0.1, 0.15) is 5.82 Å². The third kappa shape index (κ3) is 3.94. The number of amides is 1. The molecule has 0 heterocycles. The molecule has 0 aliphatic heterocycles. The van der Waals surface area contributed by atoms with Gasteiger partial charge in [-0.3, -0.25) is 14.9 Å².